The van der Waals surface area contributed by atoms with Gasteiger partial charge in [0.25, 0.3) is 0 Å². The molecule has 2 rings (SSSR count). The highest BCUT2D eigenvalue weighted by atomic mass is 79.9. The van der Waals surface area contributed by atoms with Gasteiger partial charge in [-0.1, -0.05) is 6.42 Å². The fourth-order valence-electron chi connectivity index (χ4n) is 2.00. The predicted molar refractivity (Wildman–Crippen MR) is 69.5 cm³/mol. The van der Waals surface area contributed by atoms with Gasteiger partial charge < -0.3 is 9.52 Å². The van der Waals surface area contributed by atoms with Gasteiger partial charge in [0.2, 0.25) is 10.0 Å². The van der Waals surface area contributed by atoms with Gasteiger partial charge in [0.1, 0.15) is 17.3 Å². The van der Waals surface area contributed by atoms with E-state index < -0.39 is 10.0 Å². The van der Waals surface area contributed by atoms with E-state index in [0.29, 0.717) is 5.92 Å². The molecule has 1 heterocycles. The smallest absolute Gasteiger partial charge is 0.245 e. The van der Waals surface area contributed by atoms with E-state index >= 15 is 0 Å². The first-order chi connectivity index (χ1) is 8.44. The Morgan fingerprint density at radius 1 is 1.61 bits per heavy atom. The van der Waals surface area contributed by atoms with Crippen molar-refractivity contribution in [1.82, 2.24) is 4.72 Å². The summed E-state index contributed by atoms with van der Waals surface area (Å²) in [6.45, 7) is 1.55. The van der Waals surface area contributed by atoms with Gasteiger partial charge in [-0.05, 0) is 41.6 Å². The molecule has 5 nitrogen and oxygen atoms in total. The Kier molecular flexibility index (Phi) is 4.15. The van der Waals surface area contributed by atoms with E-state index in [-0.39, 0.29) is 28.0 Å². The topological polar surface area (TPSA) is 79.5 Å². The van der Waals surface area contributed by atoms with E-state index in [9.17, 15) is 8.42 Å². The average Bonchev–Trinajstić information content (AvgIpc) is 2.56. The van der Waals surface area contributed by atoms with Crippen molar-refractivity contribution < 1.29 is 17.9 Å². The zero-order valence-corrected chi connectivity index (χ0v) is 12.4. The number of aliphatic hydroxyl groups excluding tert-OH is 1. The molecule has 0 spiro atoms. The van der Waals surface area contributed by atoms with Crippen molar-refractivity contribution in [3.63, 3.8) is 0 Å². The van der Waals surface area contributed by atoms with E-state index in [2.05, 4.69) is 20.7 Å². The fourth-order valence-corrected chi connectivity index (χ4v) is 4.31. The van der Waals surface area contributed by atoms with Crippen LogP contribution >= 0.6 is 15.9 Å². The molecule has 1 fully saturated rings. The van der Waals surface area contributed by atoms with Crippen LogP contribution in [0, 0.1) is 5.92 Å². The maximum atomic E-state index is 12.2. The second-order valence-electron chi connectivity index (χ2n) is 4.61. The molecule has 0 aromatic carbocycles. The van der Waals surface area contributed by atoms with Crippen molar-refractivity contribution in [2.75, 3.05) is 0 Å². The van der Waals surface area contributed by atoms with Crippen LogP contribution in [-0.2, 0) is 16.6 Å². The Labute approximate surface area is 115 Å². The molecule has 1 aliphatic rings. The van der Waals surface area contributed by atoms with Crippen LogP contribution in [0.2, 0.25) is 0 Å². The van der Waals surface area contributed by atoms with Crippen molar-refractivity contribution in [1.29, 1.82) is 0 Å². The Balaban J connectivity index is 2.16. The number of furan rings is 1. The Bertz CT molecular complexity index is 521. The third-order valence-corrected chi connectivity index (χ3v) is 5.77. The van der Waals surface area contributed by atoms with Crippen LogP contribution in [-0.4, -0.2) is 19.6 Å². The van der Waals surface area contributed by atoms with Crippen molar-refractivity contribution in [2.45, 2.75) is 43.7 Å². The van der Waals surface area contributed by atoms with E-state index in [4.69, 9.17) is 9.52 Å². The van der Waals surface area contributed by atoms with Crippen LogP contribution in [0.25, 0.3) is 0 Å². The highest BCUT2D eigenvalue weighted by molar-refractivity contribution is 9.10. The summed E-state index contributed by atoms with van der Waals surface area (Å²) in [5.74, 6) is 0.640. The third-order valence-electron chi connectivity index (χ3n) is 3.35. The molecule has 1 unspecified atom stereocenters. The van der Waals surface area contributed by atoms with Crippen LogP contribution in [0.3, 0.4) is 0 Å². The molecular weight excluding hydrogens is 322 g/mol. The quantitative estimate of drug-likeness (QED) is 0.861. The lowest BCUT2D eigenvalue weighted by Crippen LogP contribution is -2.40. The van der Waals surface area contributed by atoms with Crippen LogP contribution in [0.5, 0.6) is 0 Å². The summed E-state index contributed by atoms with van der Waals surface area (Å²) in [5.41, 5.74) is 0. The number of sulfonamides is 1. The molecule has 0 amide bonds. The summed E-state index contributed by atoms with van der Waals surface area (Å²) < 4.78 is 32.2. The summed E-state index contributed by atoms with van der Waals surface area (Å²) in [7, 11) is -3.60. The first kappa shape index (κ1) is 14.0. The molecule has 1 atom stereocenters. The van der Waals surface area contributed by atoms with Gasteiger partial charge in [-0.3, -0.25) is 0 Å². The minimum Gasteiger partial charge on any atom is -0.450 e. The lowest BCUT2D eigenvalue weighted by molar-refractivity contribution is 0.245. The minimum atomic E-state index is -3.60. The molecule has 102 valence electrons. The van der Waals surface area contributed by atoms with E-state index in [1.54, 1.807) is 0 Å². The summed E-state index contributed by atoms with van der Waals surface area (Å²) in [6.07, 6.45) is 3.30. The molecule has 2 N–H and O–H groups in total. The molecular formula is C11H16BrNO4S. The number of rotatable bonds is 5. The third kappa shape index (κ3) is 2.79. The zero-order valence-electron chi connectivity index (χ0n) is 10.0. The van der Waals surface area contributed by atoms with E-state index in [1.165, 1.54) is 12.5 Å². The number of nitrogens with one attached hydrogen (secondary N) is 1. The van der Waals surface area contributed by atoms with Crippen LogP contribution in [0.4, 0.5) is 0 Å². The minimum absolute atomic E-state index is 0.0396. The highest BCUT2D eigenvalue weighted by Gasteiger charge is 2.30. The van der Waals surface area contributed by atoms with Crippen LogP contribution in [0.15, 0.2) is 20.0 Å². The van der Waals surface area contributed by atoms with Crippen molar-refractivity contribution in [3.8, 4) is 0 Å². The first-order valence-corrected chi connectivity index (χ1v) is 8.13. The SMILES string of the molecule is CC(NS(=O)(=O)c1cc(CO)oc1Br)C1CCC1. The standard InChI is InChI=1S/C11H16BrNO4S/c1-7(8-3-2-4-8)13-18(15,16)10-5-9(6-14)17-11(10)12/h5,7-8,13-14H,2-4,6H2,1H3. The summed E-state index contributed by atoms with van der Waals surface area (Å²) in [6, 6.07) is 1.25. The van der Waals surface area contributed by atoms with Crippen molar-refractivity contribution in [2.24, 2.45) is 5.92 Å². The van der Waals surface area contributed by atoms with Crippen molar-refractivity contribution in [3.05, 3.63) is 16.5 Å². The molecule has 0 saturated heterocycles. The second kappa shape index (κ2) is 5.32. The lowest BCUT2D eigenvalue weighted by atomic mass is 9.81. The Morgan fingerprint density at radius 3 is 2.72 bits per heavy atom. The Morgan fingerprint density at radius 2 is 2.28 bits per heavy atom. The maximum Gasteiger partial charge on any atom is 0.245 e. The largest absolute Gasteiger partial charge is 0.450 e. The molecule has 18 heavy (non-hydrogen) atoms. The van der Waals surface area contributed by atoms with Gasteiger partial charge in [-0.15, -0.1) is 0 Å². The first-order valence-electron chi connectivity index (χ1n) is 5.85. The van der Waals surface area contributed by atoms with Gasteiger partial charge in [0.15, 0.2) is 4.67 Å². The van der Waals surface area contributed by atoms with Crippen LogP contribution < -0.4 is 4.72 Å². The predicted octanol–water partition coefficient (Wildman–Crippen LogP) is 2.00. The summed E-state index contributed by atoms with van der Waals surface area (Å²) >= 11 is 3.05. The number of hydrogen-bond acceptors (Lipinski definition) is 4. The average molecular weight is 338 g/mol. The van der Waals surface area contributed by atoms with Gasteiger partial charge >= 0.3 is 0 Å². The summed E-state index contributed by atoms with van der Waals surface area (Å²) in [5, 5.41) is 8.93. The number of halogens is 1. The van der Waals surface area contributed by atoms with Gasteiger partial charge in [0, 0.05) is 12.1 Å². The molecule has 1 aromatic rings. The van der Waals surface area contributed by atoms with Crippen LogP contribution in [0.1, 0.15) is 31.9 Å². The maximum absolute atomic E-state index is 12.2. The van der Waals surface area contributed by atoms with E-state index in [0.717, 1.165) is 12.8 Å². The van der Waals surface area contributed by atoms with Gasteiger partial charge in [0.05, 0.1) is 0 Å². The number of aliphatic hydroxyl groups is 1. The highest BCUT2D eigenvalue weighted by Crippen LogP contribution is 2.31. The molecule has 1 aliphatic carbocycles. The molecule has 0 aliphatic heterocycles. The Hall–Kier alpha value is -0.370. The molecule has 0 radical (unpaired) electrons. The van der Waals surface area contributed by atoms with Crippen molar-refractivity contribution >= 4 is 26.0 Å². The lowest BCUT2D eigenvalue weighted by Gasteiger charge is -2.31. The molecule has 0 bridgehead atoms. The zero-order chi connectivity index (χ0) is 13.3. The second-order valence-corrected chi connectivity index (χ2v) is 7.01. The fraction of sp³-hybridized carbons (Fsp3) is 0.636. The van der Waals surface area contributed by atoms with E-state index in [1.807, 2.05) is 6.92 Å². The van der Waals surface area contributed by atoms with Gasteiger partial charge in [-0.25, -0.2) is 13.1 Å². The molecule has 1 saturated carbocycles. The number of hydrogen-bond donors (Lipinski definition) is 2. The monoisotopic (exact) mass is 337 g/mol. The molecule has 1 aromatic heterocycles. The normalized spacial score (nSPS) is 18.6. The molecule has 7 heteroatoms. The van der Waals surface area contributed by atoms with Gasteiger partial charge in [-0.2, -0.15) is 0 Å². The summed E-state index contributed by atoms with van der Waals surface area (Å²) in [4.78, 5) is 0.0396.